The zero-order valence-corrected chi connectivity index (χ0v) is 25.2. The van der Waals surface area contributed by atoms with Crippen LogP contribution >= 0.6 is 11.6 Å². The number of carbonyl (C=O) groups excluding carboxylic acids is 2. The summed E-state index contributed by atoms with van der Waals surface area (Å²) in [4.78, 5) is 29.2. The van der Waals surface area contributed by atoms with E-state index in [4.69, 9.17) is 11.6 Å². The minimum absolute atomic E-state index is 0.0276. The number of aryl methyl sites for hydroxylation is 1. The van der Waals surface area contributed by atoms with Crippen LogP contribution in [0.15, 0.2) is 83.8 Å². The Balaban J connectivity index is 1.68. The molecular weight excluding hydrogens is 558 g/mol. The van der Waals surface area contributed by atoms with Gasteiger partial charge in [-0.2, -0.15) is 0 Å². The number of sulfonamides is 1. The van der Waals surface area contributed by atoms with Crippen LogP contribution in [-0.4, -0.2) is 50.3 Å². The number of hydrogen-bond donors (Lipinski definition) is 1. The Hall–Kier alpha value is -3.36. The Bertz CT molecular complexity index is 1420. The molecule has 0 radical (unpaired) electrons. The van der Waals surface area contributed by atoms with Crippen LogP contribution in [0.5, 0.6) is 0 Å². The number of para-hydroxylation sites is 1. The summed E-state index contributed by atoms with van der Waals surface area (Å²) >= 11 is 6.03. The molecule has 2 amide bonds. The number of nitrogens with one attached hydrogen (secondary N) is 1. The van der Waals surface area contributed by atoms with Crippen LogP contribution in [0.4, 0.5) is 5.69 Å². The molecule has 3 aromatic rings. The van der Waals surface area contributed by atoms with E-state index in [1.54, 1.807) is 30.0 Å². The number of rotatable bonds is 12. The molecule has 0 aliphatic heterocycles. The number of carbonyl (C=O) groups is 2. The molecule has 0 spiro atoms. The minimum atomic E-state index is -4.13. The van der Waals surface area contributed by atoms with Crippen LogP contribution in [0.2, 0.25) is 5.02 Å². The van der Waals surface area contributed by atoms with Gasteiger partial charge in [-0.15, -0.1) is 0 Å². The topological polar surface area (TPSA) is 86.8 Å². The molecule has 1 aliphatic carbocycles. The van der Waals surface area contributed by atoms with E-state index in [2.05, 4.69) is 5.32 Å². The average molecular weight is 596 g/mol. The second-order valence-electron chi connectivity index (χ2n) is 10.5. The molecule has 0 bridgehead atoms. The minimum Gasteiger partial charge on any atom is -0.352 e. The van der Waals surface area contributed by atoms with Crippen LogP contribution in [0.3, 0.4) is 0 Å². The first kappa shape index (κ1) is 30.6. The van der Waals surface area contributed by atoms with Crippen molar-refractivity contribution in [3.8, 4) is 0 Å². The first-order valence-electron chi connectivity index (χ1n) is 14.2. The first-order valence-corrected chi connectivity index (χ1v) is 16.0. The van der Waals surface area contributed by atoms with Crippen LogP contribution in [-0.2, 0) is 26.0 Å². The highest BCUT2D eigenvalue weighted by Gasteiger charge is 2.34. The molecular formula is C32H38ClN3O4S. The maximum Gasteiger partial charge on any atom is 0.264 e. The summed E-state index contributed by atoms with van der Waals surface area (Å²) in [6, 6.07) is 22.1. The third-order valence-corrected chi connectivity index (χ3v) is 9.66. The monoisotopic (exact) mass is 595 g/mol. The first-order chi connectivity index (χ1) is 19.7. The molecule has 1 atom stereocenters. The van der Waals surface area contributed by atoms with Gasteiger partial charge in [-0.3, -0.25) is 13.9 Å². The molecule has 41 heavy (non-hydrogen) atoms. The molecule has 0 aromatic heterocycles. The fraction of sp³-hybridized carbons (Fsp3) is 0.375. The van der Waals surface area contributed by atoms with Gasteiger partial charge < -0.3 is 10.2 Å². The highest BCUT2D eigenvalue weighted by Crippen LogP contribution is 2.28. The van der Waals surface area contributed by atoms with E-state index < -0.39 is 28.5 Å². The molecule has 4 rings (SSSR count). The standard InChI is InChI=1S/C32H38ClN3O4S/c1-3-29(32(38)34-27-14-8-9-15-27)35(22-21-25-12-5-4-6-13-25)31(37)23-36(30-16-10-7-11-24(30)2)41(39,40)28-19-17-26(33)18-20-28/h4-7,10-13,16-20,27,29H,3,8-9,14-15,21-23H2,1-2H3,(H,34,38)/t29-/m0/s1. The summed E-state index contributed by atoms with van der Waals surface area (Å²) in [6.45, 7) is 3.52. The summed E-state index contributed by atoms with van der Waals surface area (Å²) in [5, 5.41) is 3.55. The Labute approximate surface area is 248 Å². The van der Waals surface area contributed by atoms with Gasteiger partial charge in [0.1, 0.15) is 12.6 Å². The summed E-state index contributed by atoms with van der Waals surface area (Å²) in [5.41, 5.74) is 2.14. The van der Waals surface area contributed by atoms with Gasteiger partial charge in [-0.25, -0.2) is 8.42 Å². The van der Waals surface area contributed by atoms with E-state index >= 15 is 0 Å². The summed E-state index contributed by atoms with van der Waals surface area (Å²) in [5.74, 6) is -0.626. The number of nitrogens with zero attached hydrogens (tertiary/aromatic N) is 2. The number of benzene rings is 3. The van der Waals surface area contributed by atoms with Crippen LogP contribution in [0.25, 0.3) is 0 Å². The smallest absolute Gasteiger partial charge is 0.264 e. The Morgan fingerprint density at radius 3 is 2.22 bits per heavy atom. The SMILES string of the molecule is CC[C@@H](C(=O)NC1CCCC1)N(CCc1ccccc1)C(=O)CN(c1ccccc1C)S(=O)(=O)c1ccc(Cl)cc1. The second-order valence-corrected chi connectivity index (χ2v) is 12.8. The average Bonchev–Trinajstić information content (AvgIpc) is 3.48. The fourth-order valence-electron chi connectivity index (χ4n) is 5.35. The van der Waals surface area contributed by atoms with E-state index in [-0.39, 0.29) is 23.4 Å². The molecule has 0 heterocycles. The van der Waals surface area contributed by atoms with Crippen LogP contribution < -0.4 is 9.62 Å². The second kappa shape index (κ2) is 14.0. The summed E-state index contributed by atoms with van der Waals surface area (Å²) in [7, 11) is -4.13. The van der Waals surface area contributed by atoms with E-state index in [9.17, 15) is 18.0 Å². The van der Waals surface area contributed by atoms with E-state index in [1.807, 2.05) is 43.3 Å². The Kier molecular flexibility index (Phi) is 10.5. The molecule has 1 fully saturated rings. The van der Waals surface area contributed by atoms with Gasteiger partial charge in [0.05, 0.1) is 10.6 Å². The largest absolute Gasteiger partial charge is 0.352 e. The zero-order chi connectivity index (χ0) is 29.4. The van der Waals surface area contributed by atoms with Crippen molar-refractivity contribution in [2.45, 2.75) is 69.4 Å². The van der Waals surface area contributed by atoms with Crippen molar-refractivity contribution in [3.05, 3.63) is 95.0 Å². The molecule has 7 nitrogen and oxygen atoms in total. The number of amides is 2. The fourth-order valence-corrected chi connectivity index (χ4v) is 6.96. The lowest BCUT2D eigenvalue weighted by Crippen LogP contribution is -2.54. The van der Waals surface area contributed by atoms with E-state index in [0.29, 0.717) is 29.1 Å². The highest BCUT2D eigenvalue weighted by atomic mass is 35.5. The predicted molar refractivity (Wildman–Crippen MR) is 163 cm³/mol. The lowest BCUT2D eigenvalue weighted by Gasteiger charge is -2.34. The molecule has 9 heteroatoms. The zero-order valence-electron chi connectivity index (χ0n) is 23.6. The summed E-state index contributed by atoms with van der Waals surface area (Å²) in [6.07, 6.45) is 4.96. The molecule has 1 aliphatic rings. The van der Waals surface area contributed by atoms with Crippen molar-refractivity contribution in [3.63, 3.8) is 0 Å². The van der Waals surface area contributed by atoms with Gasteiger partial charge in [0.2, 0.25) is 11.8 Å². The van der Waals surface area contributed by atoms with Crippen molar-refractivity contribution < 1.29 is 18.0 Å². The quantitative estimate of drug-likeness (QED) is 0.289. The molecule has 1 N–H and O–H groups in total. The summed E-state index contributed by atoms with van der Waals surface area (Å²) < 4.78 is 29.1. The van der Waals surface area contributed by atoms with Crippen molar-refractivity contribution in [2.75, 3.05) is 17.4 Å². The molecule has 0 saturated heterocycles. The van der Waals surface area contributed by atoms with Crippen molar-refractivity contribution in [1.82, 2.24) is 10.2 Å². The molecule has 1 saturated carbocycles. The third-order valence-electron chi connectivity index (χ3n) is 7.64. The van der Waals surface area contributed by atoms with Crippen LogP contribution in [0.1, 0.15) is 50.2 Å². The van der Waals surface area contributed by atoms with E-state index in [0.717, 1.165) is 35.6 Å². The van der Waals surface area contributed by atoms with Gasteiger partial charge in [0.15, 0.2) is 0 Å². The molecule has 3 aromatic carbocycles. The predicted octanol–water partition coefficient (Wildman–Crippen LogP) is 5.75. The Morgan fingerprint density at radius 1 is 0.951 bits per heavy atom. The highest BCUT2D eigenvalue weighted by molar-refractivity contribution is 7.92. The van der Waals surface area contributed by atoms with Gasteiger partial charge in [-0.1, -0.05) is 79.9 Å². The van der Waals surface area contributed by atoms with Gasteiger partial charge >= 0.3 is 0 Å². The Morgan fingerprint density at radius 2 is 1.59 bits per heavy atom. The number of hydrogen-bond acceptors (Lipinski definition) is 4. The molecule has 218 valence electrons. The van der Waals surface area contributed by atoms with Crippen molar-refractivity contribution >= 4 is 39.1 Å². The third kappa shape index (κ3) is 7.68. The van der Waals surface area contributed by atoms with Crippen molar-refractivity contribution in [1.29, 1.82) is 0 Å². The normalized spacial score (nSPS) is 14.4. The van der Waals surface area contributed by atoms with Gasteiger partial charge in [0, 0.05) is 17.6 Å². The lowest BCUT2D eigenvalue weighted by molar-refractivity contribution is -0.139. The van der Waals surface area contributed by atoms with Gasteiger partial charge in [0.25, 0.3) is 10.0 Å². The van der Waals surface area contributed by atoms with Crippen LogP contribution in [0, 0.1) is 6.92 Å². The van der Waals surface area contributed by atoms with Gasteiger partial charge in [-0.05, 0) is 74.1 Å². The number of anilines is 1. The lowest BCUT2D eigenvalue weighted by atomic mass is 10.1. The van der Waals surface area contributed by atoms with E-state index in [1.165, 1.54) is 24.3 Å². The number of halogens is 1. The van der Waals surface area contributed by atoms with Crippen molar-refractivity contribution in [2.24, 2.45) is 0 Å². The maximum absolute atomic E-state index is 14.2. The maximum atomic E-state index is 14.2. The molecule has 0 unspecified atom stereocenters.